The van der Waals surface area contributed by atoms with Crippen molar-refractivity contribution in [2.75, 3.05) is 19.0 Å². The fourth-order valence-corrected chi connectivity index (χ4v) is 3.26. The minimum absolute atomic E-state index is 0.0781. The van der Waals surface area contributed by atoms with E-state index in [1.54, 1.807) is 29.1 Å². The maximum absolute atomic E-state index is 9.97. The van der Waals surface area contributed by atoms with E-state index in [2.05, 4.69) is 20.3 Å². The molecule has 10 heteroatoms. The molecule has 2 aromatic heterocycles. The minimum atomic E-state index is -0.739. The Morgan fingerprint density at radius 2 is 2.18 bits per heavy atom. The van der Waals surface area contributed by atoms with Crippen molar-refractivity contribution in [1.82, 2.24) is 19.5 Å². The van der Waals surface area contributed by atoms with E-state index in [-0.39, 0.29) is 12.4 Å². The van der Waals surface area contributed by atoms with E-state index in [1.165, 1.54) is 13.4 Å². The second kappa shape index (κ2) is 7.58. The summed E-state index contributed by atoms with van der Waals surface area (Å²) in [6.07, 6.45) is 1.54. The van der Waals surface area contributed by atoms with Gasteiger partial charge in [-0.2, -0.15) is 0 Å². The van der Waals surface area contributed by atoms with Gasteiger partial charge in [0.25, 0.3) is 0 Å². The number of ether oxygens (including phenoxy) is 2. The predicted octanol–water partition coefficient (Wildman–Crippen LogP) is 0.793. The van der Waals surface area contributed by atoms with Crippen LogP contribution in [0, 0.1) is 0 Å². The van der Waals surface area contributed by atoms with Crippen LogP contribution in [0.2, 0.25) is 0 Å². The van der Waals surface area contributed by atoms with E-state index < -0.39 is 18.4 Å². The van der Waals surface area contributed by atoms with Crippen molar-refractivity contribution in [2.24, 2.45) is 0 Å². The number of phenols is 1. The predicted molar refractivity (Wildman–Crippen MR) is 98.9 cm³/mol. The Morgan fingerprint density at radius 3 is 2.93 bits per heavy atom. The Bertz CT molecular complexity index is 978. The zero-order valence-electron chi connectivity index (χ0n) is 15.2. The van der Waals surface area contributed by atoms with E-state index in [9.17, 15) is 15.3 Å². The van der Waals surface area contributed by atoms with Crippen molar-refractivity contribution < 1.29 is 24.8 Å². The number of aromatic hydroxyl groups is 1. The molecule has 4 N–H and O–H groups in total. The highest BCUT2D eigenvalue weighted by Crippen LogP contribution is 2.32. The van der Waals surface area contributed by atoms with Crippen molar-refractivity contribution >= 4 is 17.0 Å². The van der Waals surface area contributed by atoms with Gasteiger partial charge in [0, 0.05) is 13.0 Å². The Labute approximate surface area is 160 Å². The molecule has 3 heterocycles. The SMILES string of the molecule is COc1cc(CNc2ncnc3c2ncn3[C@H]2CC(O)C(CO)O2)ccc1O. The van der Waals surface area contributed by atoms with Gasteiger partial charge in [0.2, 0.25) is 0 Å². The zero-order valence-corrected chi connectivity index (χ0v) is 15.2. The summed E-state index contributed by atoms with van der Waals surface area (Å²) in [7, 11) is 1.50. The van der Waals surface area contributed by atoms with Crippen molar-refractivity contribution in [3.8, 4) is 11.5 Å². The Morgan fingerprint density at radius 1 is 1.32 bits per heavy atom. The van der Waals surface area contributed by atoms with Crippen molar-refractivity contribution in [3.05, 3.63) is 36.4 Å². The molecular weight excluding hydrogens is 366 g/mol. The number of imidazole rings is 1. The first-order valence-electron chi connectivity index (χ1n) is 8.82. The van der Waals surface area contributed by atoms with Crippen LogP contribution in [-0.4, -0.2) is 60.8 Å². The molecule has 3 aromatic rings. The van der Waals surface area contributed by atoms with E-state index >= 15 is 0 Å². The Hall–Kier alpha value is -2.95. The molecule has 0 spiro atoms. The molecular formula is C18H21N5O5. The standard InChI is InChI=1S/C18H21N5O5/c1-27-13-4-10(2-3-11(13)25)6-19-17-16-18(21-8-20-17)23(9-22-16)15-5-12(26)14(7-24)28-15/h2-4,8-9,12,14-15,24-26H,5-7H2,1H3,(H,19,20,21)/t12?,14?,15-/m1/s1. The van der Waals surface area contributed by atoms with Crippen LogP contribution < -0.4 is 10.1 Å². The quantitative estimate of drug-likeness (QED) is 0.484. The third-order valence-corrected chi connectivity index (χ3v) is 4.76. The highest BCUT2D eigenvalue weighted by atomic mass is 16.5. The molecule has 3 atom stereocenters. The molecule has 1 fully saturated rings. The van der Waals surface area contributed by atoms with Crippen LogP contribution in [0.5, 0.6) is 11.5 Å². The fraction of sp³-hybridized carbons (Fsp3) is 0.389. The van der Waals surface area contributed by atoms with Gasteiger partial charge in [-0.05, 0) is 17.7 Å². The monoisotopic (exact) mass is 387 g/mol. The summed E-state index contributed by atoms with van der Waals surface area (Å²) in [5.41, 5.74) is 2.03. The maximum atomic E-state index is 9.97. The van der Waals surface area contributed by atoms with Crippen LogP contribution in [-0.2, 0) is 11.3 Å². The lowest BCUT2D eigenvalue weighted by atomic mass is 10.2. The highest BCUT2D eigenvalue weighted by molar-refractivity contribution is 5.82. The number of hydrogen-bond donors (Lipinski definition) is 4. The number of phenolic OH excluding ortho intramolecular Hbond substituents is 1. The van der Waals surface area contributed by atoms with Crippen LogP contribution >= 0.6 is 0 Å². The molecule has 1 saturated heterocycles. The minimum Gasteiger partial charge on any atom is -0.504 e. The van der Waals surface area contributed by atoms with Gasteiger partial charge in [-0.25, -0.2) is 15.0 Å². The number of hydrogen-bond acceptors (Lipinski definition) is 9. The topological polar surface area (TPSA) is 135 Å². The van der Waals surface area contributed by atoms with Gasteiger partial charge in [-0.3, -0.25) is 4.57 Å². The van der Waals surface area contributed by atoms with Gasteiger partial charge < -0.3 is 30.1 Å². The second-order valence-electron chi connectivity index (χ2n) is 6.52. The number of benzene rings is 1. The molecule has 0 amide bonds. The molecule has 0 saturated carbocycles. The van der Waals surface area contributed by atoms with Gasteiger partial charge in [0.1, 0.15) is 18.7 Å². The summed E-state index contributed by atoms with van der Waals surface area (Å²) in [5.74, 6) is 1.02. The van der Waals surface area contributed by atoms with Gasteiger partial charge >= 0.3 is 0 Å². The van der Waals surface area contributed by atoms with Crippen LogP contribution in [0.15, 0.2) is 30.9 Å². The normalized spacial score (nSPS) is 21.9. The van der Waals surface area contributed by atoms with Crippen LogP contribution in [0.1, 0.15) is 18.2 Å². The van der Waals surface area contributed by atoms with E-state index in [4.69, 9.17) is 9.47 Å². The molecule has 0 bridgehead atoms. The molecule has 0 aliphatic carbocycles. The summed E-state index contributed by atoms with van der Waals surface area (Å²) in [6.45, 7) is 0.197. The first-order valence-corrected chi connectivity index (χ1v) is 8.82. The molecule has 1 aliphatic rings. The number of aliphatic hydroxyl groups excluding tert-OH is 2. The average Bonchev–Trinajstić information content (AvgIpc) is 3.30. The number of aliphatic hydroxyl groups is 2. The molecule has 28 heavy (non-hydrogen) atoms. The Kier molecular flexibility index (Phi) is 4.99. The number of aromatic nitrogens is 4. The first-order chi connectivity index (χ1) is 13.6. The summed E-state index contributed by atoms with van der Waals surface area (Å²) in [4.78, 5) is 12.9. The molecule has 4 rings (SSSR count). The molecule has 1 aliphatic heterocycles. The number of fused-ring (bicyclic) bond motifs is 1. The Balaban J connectivity index is 1.55. The molecule has 10 nitrogen and oxygen atoms in total. The number of rotatable bonds is 6. The van der Waals surface area contributed by atoms with Crippen molar-refractivity contribution in [1.29, 1.82) is 0 Å². The lowest BCUT2D eigenvalue weighted by Crippen LogP contribution is -2.24. The number of methoxy groups -OCH3 is 1. The van der Waals surface area contributed by atoms with E-state index in [0.717, 1.165) is 5.56 Å². The van der Waals surface area contributed by atoms with E-state index in [1.807, 2.05) is 0 Å². The van der Waals surface area contributed by atoms with Gasteiger partial charge in [0.15, 0.2) is 28.5 Å². The molecule has 1 aromatic carbocycles. The highest BCUT2D eigenvalue weighted by Gasteiger charge is 2.35. The number of anilines is 1. The number of nitrogens with one attached hydrogen (secondary N) is 1. The van der Waals surface area contributed by atoms with Gasteiger partial charge in [-0.15, -0.1) is 0 Å². The van der Waals surface area contributed by atoms with E-state index in [0.29, 0.717) is 35.7 Å². The second-order valence-corrected chi connectivity index (χ2v) is 6.52. The average molecular weight is 387 g/mol. The lowest BCUT2D eigenvalue weighted by molar-refractivity contribution is -0.0432. The number of nitrogens with zero attached hydrogens (tertiary/aromatic N) is 4. The van der Waals surface area contributed by atoms with Crippen LogP contribution in [0.4, 0.5) is 5.82 Å². The summed E-state index contributed by atoms with van der Waals surface area (Å²) in [6, 6.07) is 5.09. The van der Waals surface area contributed by atoms with Crippen LogP contribution in [0.3, 0.4) is 0 Å². The third kappa shape index (κ3) is 3.33. The first kappa shape index (κ1) is 18.4. The zero-order chi connectivity index (χ0) is 19.7. The molecule has 2 unspecified atom stereocenters. The largest absolute Gasteiger partial charge is 0.504 e. The fourth-order valence-electron chi connectivity index (χ4n) is 3.26. The molecule has 0 radical (unpaired) electrons. The third-order valence-electron chi connectivity index (χ3n) is 4.76. The maximum Gasteiger partial charge on any atom is 0.167 e. The van der Waals surface area contributed by atoms with Gasteiger partial charge in [0.05, 0.1) is 26.1 Å². The summed E-state index contributed by atoms with van der Waals surface area (Å²) < 4.78 is 12.5. The van der Waals surface area contributed by atoms with Crippen molar-refractivity contribution in [3.63, 3.8) is 0 Å². The van der Waals surface area contributed by atoms with Crippen molar-refractivity contribution in [2.45, 2.75) is 31.4 Å². The lowest BCUT2D eigenvalue weighted by Gasteiger charge is -2.13. The summed E-state index contributed by atoms with van der Waals surface area (Å²) >= 11 is 0. The van der Waals surface area contributed by atoms with Gasteiger partial charge in [-0.1, -0.05) is 6.07 Å². The smallest absolute Gasteiger partial charge is 0.167 e. The van der Waals surface area contributed by atoms with Crippen LogP contribution in [0.25, 0.3) is 11.2 Å². The molecule has 148 valence electrons. The summed E-state index contributed by atoms with van der Waals surface area (Å²) in [5, 5.41) is 32.1.